The Balaban J connectivity index is 1.48. The molecule has 0 saturated carbocycles. The van der Waals surface area contributed by atoms with Crippen LogP contribution >= 0.6 is 0 Å². The molecule has 1 N–H and O–H groups in total. The van der Waals surface area contributed by atoms with Crippen LogP contribution in [0.1, 0.15) is 48.3 Å². The lowest BCUT2D eigenvalue weighted by Gasteiger charge is -2.29. The molecule has 2 aromatic rings. The van der Waals surface area contributed by atoms with Crippen molar-refractivity contribution in [2.45, 2.75) is 44.0 Å². The molecule has 2 fully saturated rings. The fraction of sp³-hybridized carbons (Fsp3) is 0.524. The van der Waals surface area contributed by atoms with E-state index in [2.05, 4.69) is 17.3 Å². The van der Waals surface area contributed by atoms with Gasteiger partial charge in [-0.25, -0.2) is 21.5 Å². The molecule has 4 rings (SSSR count). The molecule has 0 spiro atoms. The van der Waals surface area contributed by atoms with E-state index in [0.717, 1.165) is 12.8 Å². The van der Waals surface area contributed by atoms with Gasteiger partial charge in [0, 0.05) is 24.7 Å². The summed E-state index contributed by atoms with van der Waals surface area (Å²) in [7, 11) is -6.68. The molecule has 0 radical (unpaired) electrons. The summed E-state index contributed by atoms with van der Waals surface area (Å²) in [6.07, 6.45) is 2.14. The van der Waals surface area contributed by atoms with Crippen molar-refractivity contribution < 1.29 is 21.6 Å². The zero-order chi connectivity index (χ0) is 23.1. The minimum absolute atomic E-state index is 0.00117. The highest BCUT2D eigenvalue weighted by molar-refractivity contribution is 7.91. The minimum atomic E-state index is -3.58. The number of carbonyl (C=O) groups is 1. The fourth-order valence-electron chi connectivity index (χ4n) is 4.20. The summed E-state index contributed by atoms with van der Waals surface area (Å²) in [4.78, 5) is 13.0. The predicted molar refractivity (Wildman–Crippen MR) is 121 cm³/mol. The number of rotatable bonds is 5. The van der Waals surface area contributed by atoms with E-state index < -0.39 is 25.8 Å². The van der Waals surface area contributed by atoms with Gasteiger partial charge in [0.1, 0.15) is 5.82 Å². The molecule has 1 aromatic heterocycles. The molecule has 3 heterocycles. The molecule has 1 aromatic carbocycles. The predicted octanol–water partition coefficient (Wildman–Crippen LogP) is 2.22. The lowest BCUT2D eigenvalue weighted by molar-refractivity contribution is 0.102. The molecule has 2 aliphatic heterocycles. The number of carbonyl (C=O) groups excluding carboxylic acids is 1. The number of hydrogen-bond donors (Lipinski definition) is 1. The molecule has 0 aliphatic carbocycles. The van der Waals surface area contributed by atoms with Crippen molar-refractivity contribution in [1.29, 1.82) is 0 Å². The number of sulfonamides is 1. The van der Waals surface area contributed by atoms with Gasteiger partial charge in [-0.05, 0) is 56.4 Å². The van der Waals surface area contributed by atoms with E-state index in [4.69, 9.17) is 0 Å². The van der Waals surface area contributed by atoms with Crippen LogP contribution in [0.4, 0.5) is 5.82 Å². The summed E-state index contributed by atoms with van der Waals surface area (Å²) >= 11 is 0. The molecule has 174 valence electrons. The molecule has 32 heavy (non-hydrogen) atoms. The van der Waals surface area contributed by atoms with Gasteiger partial charge in [-0.3, -0.25) is 4.79 Å². The normalized spacial score (nSPS) is 22.1. The quantitative estimate of drug-likeness (QED) is 0.701. The van der Waals surface area contributed by atoms with Gasteiger partial charge in [0.25, 0.3) is 5.91 Å². The number of benzene rings is 1. The second-order valence-corrected chi connectivity index (χ2v) is 12.9. The van der Waals surface area contributed by atoms with Gasteiger partial charge in [0.2, 0.25) is 10.0 Å². The highest BCUT2D eigenvalue weighted by Crippen LogP contribution is 2.28. The Morgan fingerprint density at radius 1 is 1.12 bits per heavy atom. The van der Waals surface area contributed by atoms with Crippen molar-refractivity contribution in [3.63, 3.8) is 0 Å². The summed E-state index contributed by atoms with van der Waals surface area (Å²) in [6, 6.07) is 7.26. The first-order valence-electron chi connectivity index (χ1n) is 10.7. The summed E-state index contributed by atoms with van der Waals surface area (Å²) in [6.45, 7) is 4.91. The van der Waals surface area contributed by atoms with E-state index in [9.17, 15) is 21.6 Å². The maximum Gasteiger partial charge on any atom is 0.256 e. The van der Waals surface area contributed by atoms with Crippen molar-refractivity contribution in [2.24, 2.45) is 5.92 Å². The highest BCUT2D eigenvalue weighted by atomic mass is 32.2. The molecule has 1 atom stereocenters. The topological polar surface area (TPSA) is 118 Å². The first kappa shape index (κ1) is 22.9. The Morgan fingerprint density at radius 2 is 1.78 bits per heavy atom. The summed E-state index contributed by atoms with van der Waals surface area (Å²) in [5.74, 6) is 0.639. The third-order valence-electron chi connectivity index (χ3n) is 6.15. The summed E-state index contributed by atoms with van der Waals surface area (Å²) in [5, 5.41) is 7.15. The minimum Gasteiger partial charge on any atom is -0.307 e. The third-order valence-corrected chi connectivity index (χ3v) is 9.81. The van der Waals surface area contributed by atoms with Crippen LogP contribution in [0.25, 0.3) is 0 Å². The van der Waals surface area contributed by atoms with E-state index in [1.54, 1.807) is 17.7 Å². The molecular weight excluding hydrogens is 452 g/mol. The summed E-state index contributed by atoms with van der Waals surface area (Å²) in [5.41, 5.74) is 0.975. The molecule has 2 saturated heterocycles. The second-order valence-electron chi connectivity index (χ2n) is 8.74. The fourth-order valence-corrected chi connectivity index (χ4v) is 7.36. The number of nitrogens with zero attached hydrogens (tertiary/aromatic N) is 3. The van der Waals surface area contributed by atoms with Crippen LogP contribution in [0.2, 0.25) is 0 Å². The van der Waals surface area contributed by atoms with Gasteiger partial charge in [-0.2, -0.15) is 9.40 Å². The molecular formula is C21H28N4O5S2. The van der Waals surface area contributed by atoms with E-state index in [1.807, 2.05) is 0 Å². The number of anilines is 1. The molecule has 1 unspecified atom stereocenters. The van der Waals surface area contributed by atoms with Gasteiger partial charge in [0.05, 0.1) is 28.1 Å². The van der Waals surface area contributed by atoms with Crippen LogP contribution in [0.15, 0.2) is 35.2 Å². The van der Waals surface area contributed by atoms with Crippen LogP contribution < -0.4 is 5.32 Å². The monoisotopic (exact) mass is 480 g/mol. The van der Waals surface area contributed by atoms with E-state index in [-0.39, 0.29) is 22.4 Å². The summed E-state index contributed by atoms with van der Waals surface area (Å²) < 4.78 is 52.5. The number of nitrogens with one attached hydrogen (secondary N) is 1. The molecule has 9 nitrogen and oxygen atoms in total. The number of hydrogen-bond acceptors (Lipinski definition) is 6. The van der Waals surface area contributed by atoms with Crippen molar-refractivity contribution in [2.75, 3.05) is 29.9 Å². The van der Waals surface area contributed by atoms with Gasteiger partial charge in [-0.15, -0.1) is 0 Å². The van der Waals surface area contributed by atoms with Crippen LogP contribution in [0.3, 0.4) is 0 Å². The maximum absolute atomic E-state index is 12.9. The maximum atomic E-state index is 12.9. The molecule has 0 bridgehead atoms. The van der Waals surface area contributed by atoms with Gasteiger partial charge in [-0.1, -0.05) is 6.92 Å². The van der Waals surface area contributed by atoms with Gasteiger partial charge < -0.3 is 5.32 Å². The Kier molecular flexibility index (Phi) is 6.17. The van der Waals surface area contributed by atoms with Crippen LogP contribution in [0.5, 0.6) is 0 Å². The smallest absolute Gasteiger partial charge is 0.256 e. The van der Waals surface area contributed by atoms with Crippen molar-refractivity contribution in [3.8, 4) is 0 Å². The Bertz CT molecular complexity index is 1210. The van der Waals surface area contributed by atoms with Crippen molar-refractivity contribution >= 4 is 31.6 Å². The average Bonchev–Trinajstić information content (AvgIpc) is 3.29. The van der Waals surface area contributed by atoms with Gasteiger partial charge >= 0.3 is 0 Å². The number of piperidine rings is 1. The van der Waals surface area contributed by atoms with Gasteiger partial charge in [0.15, 0.2) is 9.84 Å². The Hall–Kier alpha value is -2.24. The SMILES string of the molecule is Cc1cc(NC(=O)c2ccc(S(=O)(=O)N3CCC(C)CC3)cc2)n(C2CCS(=O)(=O)C2)n1. The Labute approximate surface area is 188 Å². The lowest BCUT2D eigenvalue weighted by atomic mass is 10.0. The van der Waals surface area contributed by atoms with E-state index >= 15 is 0 Å². The third kappa shape index (κ3) is 4.74. The van der Waals surface area contributed by atoms with Crippen LogP contribution in [0, 0.1) is 12.8 Å². The van der Waals surface area contributed by atoms with E-state index in [1.165, 1.54) is 28.6 Å². The second kappa shape index (κ2) is 8.60. The first-order valence-corrected chi connectivity index (χ1v) is 14.0. The number of aryl methyl sites for hydroxylation is 1. The lowest BCUT2D eigenvalue weighted by Crippen LogP contribution is -2.37. The Morgan fingerprint density at radius 3 is 2.38 bits per heavy atom. The van der Waals surface area contributed by atoms with Crippen molar-refractivity contribution in [1.82, 2.24) is 14.1 Å². The van der Waals surface area contributed by atoms with Crippen molar-refractivity contribution in [3.05, 3.63) is 41.6 Å². The molecule has 2 aliphatic rings. The standard InChI is InChI=1S/C21H28N4O5S2/c1-15-7-10-24(11-8-15)32(29,30)19-5-3-17(4-6-19)21(26)22-20-13-16(2)23-25(20)18-9-12-31(27,28)14-18/h3-6,13,15,18H,7-12,14H2,1-2H3,(H,22,26). The van der Waals surface area contributed by atoms with E-state index in [0.29, 0.717) is 42.5 Å². The zero-order valence-electron chi connectivity index (χ0n) is 18.2. The number of sulfone groups is 1. The molecule has 1 amide bonds. The highest BCUT2D eigenvalue weighted by Gasteiger charge is 2.32. The molecule has 11 heteroatoms. The largest absolute Gasteiger partial charge is 0.307 e. The average molecular weight is 481 g/mol. The first-order chi connectivity index (χ1) is 15.0. The van der Waals surface area contributed by atoms with Crippen LogP contribution in [-0.2, 0) is 19.9 Å². The number of aromatic nitrogens is 2. The van der Waals surface area contributed by atoms with Crippen LogP contribution in [-0.4, -0.2) is 61.4 Å². The number of amides is 1. The zero-order valence-corrected chi connectivity index (χ0v) is 19.8.